The second kappa shape index (κ2) is 17.0. The van der Waals surface area contributed by atoms with E-state index < -0.39 is 6.09 Å². The summed E-state index contributed by atoms with van der Waals surface area (Å²) in [5.74, 6) is 2.39. The van der Waals surface area contributed by atoms with Crippen LogP contribution in [0.15, 0.2) is 76.5 Å². The van der Waals surface area contributed by atoms with Crippen LogP contribution in [0.1, 0.15) is 30.9 Å². The van der Waals surface area contributed by atoms with Gasteiger partial charge in [0.2, 0.25) is 5.96 Å². The lowest BCUT2D eigenvalue weighted by Gasteiger charge is -2.40. The van der Waals surface area contributed by atoms with Crippen LogP contribution in [-0.4, -0.2) is 90.4 Å². The second-order valence-corrected chi connectivity index (χ2v) is 12.1. The van der Waals surface area contributed by atoms with Gasteiger partial charge < -0.3 is 33.9 Å². The maximum absolute atomic E-state index is 14.1. The zero-order valence-corrected chi connectivity index (χ0v) is 29.9. The molecule has 3 aromatic rings. The molecule has 50 heavy (non-hydrogen) atoms. The fourth-order valence-corrected chi connectivity index (χ4v) is 6.37. The van der Waals surface area contributed by atoms with Crippen molar-refractivity contribution in [3.8, 4) is 23.0 Å². The second-order valence-electron chi connectivity index (χ2n) is 12.1. The van der Waals surface area contributed by atoms with Gasteiger partial charge in [0.1, 0.15) is 28.8 Å². The minimum atomic E-state index is -0.689. The van der Waals surface area contributed by atoms with E-state index in [-0.39, 0.29) is 11.8 Å². The predicted molar refractivity (Wildman–Crippen MR) is 199 cm³/mol. The van der Waals surface area contributed by atoms with Gasteiger partial charge in [-0.3, -0.25) is 4.90 Å². The Balaban J connectivity index is 1.41. The predicted octanol–water partition coefficient (Wildman–Crippen LogP) is 6.67. The van der Waals surface area contributed by atoms with Crippen molar-refractivity contribution in [3.05, 3.63) is 77.6 Å². The van der Waals surface area contributed by atoms with E-state index in [1.165, 1.54) is 12.0 Å². The number of aryl methyl sites for hydroxylation is 2. The van der Waals surface area contributed by atoms with Crippen LogP contribution in [0.3, 0.4) is 0 Å². The van der Waals surface area contributed by atoms with Crippen LogP contribution < -0.4 is 34.1 Å². The molecule has 0 aliphatic carbocycles. The topological polar surface area (TPSA) is 110 Å². The van der Waals surface area contributed by atoms with Crippen LogP contribution in [-0.2, 0) is 4.74 Å². The SMILES string of the molecule is C=N/C(=N\C(=C/C)N(C(=O)Oc1c(C)cccc1C)c1ccc(OC)cc1OC)Nc1ccc(N2CCC(N3CCOCC3)CC2)cc1OC. The summed E-state index contributed by atoms with van der Waals surface area (Å²) >= 11 is 0. The van der Waals surface area contributed by atoms with Crippen LogP contribution in [0.25, 0.3) is 0 Å². The minimum Gasteiger partial charge on any atom is -0.497 e. The number of methoxy groups -OCH3 is 3. The number of ether oxygens (including phenoxy) is 5. The summed E-state index contributed by atoms with van der Waals surface area (Å²) in [6, 6.07) is 17.4. The van der Waals surface area contributed by atoms with Gasteiger partial charge in [0.25, 0.3) is 0 Å². The van der Waals surface area contributed by atoms with Crippen LogP contribution in [0.5, 0.6) is 23.0 Å². The maximum atomic E-state index is 14.1. The average Bonchev–Trinajstić information content (AvgIpc) is 3.16. The average molecular weight is 685 g/mol. The number of nitrogens with one attached hydrogen (secondary N) is 1. The van der Waals surface area contributed by atoms with Gasteiger partial charge in [0, 0.05) is 50.0 Å². The molecule has 2 aliphatic heterocycles. The summed E-state index contributed by atoms with van der Waals surface area (Å²) in [6.45, 7) is 14.9. The quantitative estimate of drug-likeness (QED) is 0.185. The zero-order valence-electron chi connectivity index (χ0n) is 29.9. The van der Waals surface area contributed by atoms with E-state index >= 15 is 0 Å². The third kappa shape index (κ3) is 8.38. The largest absolute Gasteiger partial charge is 0.497 e. The third-order valence-electron chi connectivity index (χ3n) is 9.09. The van der Waals surface area contributed by atoms with Crippen LogP contribution in [0.4, 0.5) is 21.9 Å². The Hall–Kier alpha value is -5.07. The zero-order chi connectivity index (χ0) is 35.6. The highest BCUT2D eigenvalue weighted by molar-refractivity contribution is 6.00. The molecule has 2 saturated heterocycles. The number of guanidine groups is 1. The van der Waals surface area contributed by atoms with E-state index in [1.54, 1.807) is 45.4 Å². The number of carbonyl (C=O) groups excluding carboxylic acids is 1. The number of para-hydroxylation sites is 1. The van der Waals surface area contributed by atoms with Crippen molar-refractivity contribution in [1.82, 2.24) is 4.90 Å². The molecule has 0 saturated carbocycles. The van der Waals surface area contributed by atoms with Crippen molar-refractivity contribution in [2.75, 3.05) is 75.8 Å². The Kier molecular flexibility index (Phi) is 12.3. The van der Waals surface area contributed by atoms with E-state index in [2.05, 4.69) is 32.9 Å². The van der Waals surface area contributed by atoms with E-state index in [0.29, 0.717) is 40.4 Å². The van der Waals surface area contributed by atoms with Crippen molar-refractivity contribution < 1.29 is 28.5 Å². The summed E-state index contributed by atoms with van der Waals surface area (Å²) in [6.07, 6.45) is 3.20. The number of amides is 1. The molecule has 0 unspecified atom stereocenters. The Morgan fingerprint density at radius 3 is 2.26 bits per heavy atom. The number of hydrogen-bond donors (Lipinski definition) is 1. The van der Waals surface area contributed by atoms with Crippen molar-refractivity contribution in [1.29, 1.82) is 0 Å². The monoisotopic (exact) mass is 684 g/mol. The molecule has 12 nitrogen and oxygen atoms in total. The highest BCUT2D eigenvalue weighted by Crippen LogP contribution is 2.37. The molecule has 0 aromatic heterocycles. The number of hydrogen-bond acceptors (Lipinski definition) is 9. The fourth-order valence-electron chi connectivity index (χ4n) is 6.37. The molecular formula is C38H48N6O6. The number of nitrogens with zero attached hydrogens (tertiary/aromatic N) is 5. The molecule has 0 bridgehead atoms. The molecule has 0 radical (unpaired) electrons. The van der Waals surface area contributed by atoms with Gasteiger partial charge in [-0.25, -0.2) is 14.7 Å². The Morgan fingerprint density at radius 1 is 0.940 bits per heavy atom. The van der Waals surface area contributed by atoms with Gasteiger partial charge in [-0.1, -0.05) is 18.2 Å². The number of aliphatic imine (C=N–C) groups is 2. The summed E-state index contributed by atoms with van der Waals surface area (Å²) in [5.41, 5.74) is 3.76. The number of rotatable bonds is 10. The van der Waals surface area contributed by atoms with Gasteiger partial charge in [-0.2, -0.15) is 4.99 Å². The van der Waals surface area contributed by atoms with Gasteiger partial charge in [-0.15, -0.1) is 0 Å². The first-order valence-electron chi connectivity index (χ1n) is 16.8. The molecule has 2 heterocycles. The Labute approximate surface area is 294 Å². The first-order chi connectivity index (χ1) is 24.3. The summed E-state index contributed by atoms with van der Waals surface area (Å²) in [5, 5.41) is 3.24. The van der Waals surface area contributed by atoms with Gasteiger partial charge in [0.05, 0.1) is 45.9 Å². The van der Waals surface area contributed by atoms with E-state index in [9.17, 15) is 4.79 Å². The smallest absolute Gasteiger partial charge is 0.425 e. The molecule has 0 spiro atoms. The maximum Gasteiger partial charge on any atom is 0.425 e. The summed E-state index contributed by atoms with van der Waals surface area (Å²) < 4.78 is 28.4. The molecule has 5 rings (SSSR count). The first kappa shape index (κ1) is 36.2. The summed E-state index contributed by atoms with van der Waals surface area (Å²) in [4.78, 5) is 29.3. The van der Waals surface area contributed by atoms with Crippen molar-refractivity contribution in [2.45, 2.75) is 39.7 Å². The van der Waals surface area contributed by atoms with Crippen LogP contribution in [0.2, 0.25) is 0 Å². The van der Waals surface area contributed by atoms with Crippen molar-refractivity contribution in [3.63, 3.8) is 0 Å². The van der Waals surface area contributed by atoms with Crippen molar-refractivity contribution >= 4 is 35.8 Å². The highest BCUT2D eigenvalue weighted by atomic mass is 16.6. The molecule has 1 amide bonds. The molecule has 12 heteroatoms. The molecular weight excluding hydrogens is 636 g/mol. The van der Waals surface area contributed by atoms with E-state index in [0.717, 1.165) is 69.0 Å². The lowest BCUT2D eigenvalue weighted by Crippen LogP contribution is -2.49. The van der Waals surface area contributed by atoms with Crippen LogP contribution in [0, 0.1) is 13.8 Å². The number of piperidine rings is 1. The number of allylic oxidation sites excluding steroid dienone is 1. The lowest BCUT2D eigenvalue weighted by molar-refractivity contribution is 0.0115. The molecule has 2 aliphatic rings. The number of carbonyl (C=O) groups is 1. The van der Waals surface area contributed by atoms with Gasteiger partial charge in [-0.05, 0) is 81.8 Å². The number of morpholine rings is 1. The molecule has 1 N–H and O–H groups in total. The normalized spacial score (nSPS) is 16.1. The third-order valence-corrected chi connectivity index (χ3v) is 9.09. The minimum absolute atomic E-state index is 0.146. The standard InChI is InChI=1S/C38H48N6O6/c1-8-35(44(32-15-13-30(46-5)25-34(32)48-7)38(45)50-36-26(2)10-9-11-27(36)3)41-37(39-4)40-31-14-12-29(24-33(31)47-6)42-18-16-28(17-19-42)43-20-22-49-23-21-43/h8-15,24-25,28H,4,16-23H2,1-3,5-7H3,(H,40,41)/b35-8+. The van der Waals surface area contributed by atoms with E-state index in [4.69, 9.17) is 28.7 Å². The van der Waals surface area contributed by atoms with Gasteiger partial charge in [0.15, 0.2) is 0 Å². The van der Waals surface area contributed by atoms with Crippen LogP contribution >= 0.6 is 0 Å². The molecule has 3 aromatic carbocycles. The van der Waals surface area contributed by atoms with E-state index in [1.807, 2.05) is 44.2 Å². The Morgan fingerprint density at radius 2 is 1.64 bits per heavy atom. The van der Waals surface area contributed by atoms with Gasteiger partial charge >= 0.3 is 6.09 Å². The molecule has 2 fully saturated rings. The summed E-state index contributed by atoms with van der Waals surface area (Å²) in [7, 11) is 4.71. The highest BCUT2D eigenvalue weighted by Gasteiger charge is 2.28. The molecule has 266 valence electrons. The molecule has 0 atom stereocenters. The number of anilines is 3. The lowest BCUT2D eigenvalue weighted by atomic mass is 10.0. The first-order valence-corrected chi connectivity index (χ1v) is 16.8. The van der Waals surface area contributed by atoms with Crippen molar-refractivity contribution in [2.24, 2.45) is 9.98 Å². The number of benzene rings is 3. The Bertz CT molecular complexity index is 1690. The fraction of sp³-hybridized carbons (Fsp3) is 0.395.